The molecule has 2 aromatic heterocycles. The highest BCUT2D eigenvalue weighted by Gasteiger charge is 2.14. The summed E-state index contributed by atoms with van der Waals surface area (Å²) in [7, 11) is 1.58. The van der Waals surface area contributed by atoms with Crippen LogP contribution in [0.5, 0.6) is 5.75 Å². The topological polar surface area (TPSA) is 119 Å². The predicted octanol–water partition coefficient (Wildman–Crippen LogP) is 3.05. The minimum absolute atomic E-state index is 0.0263. The van der Waals surface area contributed by atoms with Crippen LogP contribution < -0.4 is 26.7 Å². The van der Waals surface area contributed by atoms with E-state index in [-0.39, 0.29) is 19.0 Å². The van der Waals surface area contributed by atoms with Gasteiger partial charge in [0.25, 0.3) is 0 Å². The van der Waals surface area contributed by atoms with E-state index in [1.165, 1.54) is 28.8 Å². The van der Waals surface area contributed by atoms with Crippen LogP contribution in [0.25, 0.3) is 11.0 Å². The highest BCUT2D eigenvalue weighted by Crippen LogP contribution is 2.14. The van der Waals surface area contributed by atoms with Crippen LogP contribution in [0.2, 0.25) is 0 Å². The van der Waals surface area contributed by atoms with Crippen molar-refractivity contribution in [2.45, 2.75) is 13.1 Å². The van der Waals surface area contributed by atoms with E-state index in [4.69, 9.17) is 4.74 Å². The molecule has 38 heavy (non-hydrogen) atoms. The fourth-order valence-corrected chi connectivity index (χ4v) is 4.02. The number of anilines is 2. The molecule has 5 rings (SSSR count). The number of imidazole rings is 1. The number of H-pyrrole nitrogens is 1. The first kappa shape index (κ1) is 24.8. The molecule has 11 heteroatoms. The maximum atomic E-state index is 13.5. The molecule has 0 fully saturated rings. The first-order valence-electron chi connectivity index (χ1n) is 12.0. The Morgan fingerprint density at radius 1 is 0.842 bits per heavy atom. The van der Waals surface area contributed by atoms with Gasteiger partial charge in [-0.1, -0.05) is 36.4 Å². The Morgan fingerprint density at radius 2 is 1.50 bits per heavy atom. The lowest BCUT2D eigenvalue weighted by atomic mass is 10.2. The van der Waals surface area contributed by atoms with E-state index in [0.717, 1.165) is 21.2 Å². The molecule has 0 bridgehead atoms. The highest BCUT2D eigenvalue weighted by atomic mass is 19.1. The molecule has 194 valence electrons. The minimum atomic E-state index is -0.696. The third-order valence-corrected chi connectivity index (χ3v) is 5.99. The van der Waals surface area contributed by atoms with Crippen molar-refractivity contribution in [3.63, 3.8) is 0 Å². The molecule has 0 aliphatic heterocycles. The molecule has 0 radical (unpaired) electrons. The predicted molar refractivity (Wildman–Crippen MR) is 143 cm³/mol. The number of hydrogen-bond acceptors (Lipinski definition) is 7. The number of nitrogens with one attached hydrogen (secondary N) is 3. The number of nitrogens with zero attached hydrogens (tertiary/aromatic N) is 4. The van der Waals surface area contributed by atoms with Crippen LogP contribution >= 0.6 is 0 Å². The summed E-state index contributed by atoms with van der Waals surface area (Å²) >= 11 is 0. The number of rotatable bonds is 10. The standard InChI is InChI=1S/C27H26FN7O3/c1-38-21-12-8-19(9-13-21)16-34-25(30-15-14-29-24-31-22-4-2-3-5-23(22)32-24)33-26(36)35(27(34)37)17-18-6-10-20(28)11-7-18/h2-13H,14-17H2,1H3,(H2,29,31,32)(H,30,33,36). The summed E-state index contributed by atoms with van der Waals surface area (Å²) in [6, 6.07) is 20.6. The molecule has 0 atom stereocenters. The van der Waals surface area contributed by atoms with Crippen LogP contribution in [-0.4, -0.2) is 44.3 Å². The first-order chi connectivity index (χ1) is 18.5. The second kappa shape index (κ2) is 11.0. The SMILES string of the molecule is COc1ccc(Cn2c(NCCNc3nc4ccccc4[nH]3)nc(=O)n(Cc3ccc(F)cc3)c2=O)cc1. The van der Waals surface area contributed by atoms with Crippen LogP contribution in [0.1, 0.15) is 11.1 Å². The quantitative estimate of drug-likeness (QED) is 0.245. The van der Waals surface area contributed by atoms with Gasteiger partial charge < -0.3 is 20.4 Å². The summed E-state index contributed by atoms with van der Waals surface area (Å²) in [6.45, 7) is 0.977. The van der Waals surface area contributed by atoms with Crippen molar-refractivity contribution in [1.29, 1.82) is 0 Å². The Labute approximate surface area is 216 Å². The fourth-order valence-electron chi connectivity index (χ4n) is 4.02. The van der Waals surface area contributed by atoms with Gasteiger partial charge in [-0.25, -0.2) is 23.5 Å². The zero-order valence-corrected chi connectivity index (χ0v) is 20.6. The van der Waals surface area contributed by atoms with Gasteiger partial charge in [-0.3, -0.25) is 4.57 Å². The molecule has 3 aromatic carbocycles. The summed E-state index contributed by atoms with van der Waals surface area (Å²) < 4.78 is 21.0. The molecule has 0 spiro atoms. The van der Waals surface area contributed by atoms with E-state index in [2.05, 4.69) is 25.6 Å². The van der Waals surface area contributed by atoms with E-state index < -0.39 is 17.2 Å². The molecular weight excluding hydrogens is 489 g/mol. The van der Waals surface area contributed by atoms with Crippen molar-refractivity contribution in [2.24, 2.45) is 0 Å². The number of aromatic nitrogens is 5. The van der Waals surface area contributed by atoms with Gasteiger partial charge in [-0.05, 0) is 47.5 Å². The zero-order valence-electron chi connectivity index (χ0n) is 20.6. The van der Waals surface area contributed by atoms with Crippen LogP contribution in [0.4, 0.5) is 16.3 Å². The van der Waals surface area contributed by atoms with Crippen molar-refractivity contribution in [3.05, 3.63) is 111 Å². The highest BCUT2D eigenvalue weighted by molar-refractivity contribution is 5.77. The average Bonchev–Trinajstić information content (AvgIpc) is 3.35. The van der Waals surface area contributed by atoms with E-state index in [9.17, 15) is 14.0 Å². The van der Waals surface area contributed by atoms with Gasteiger partial charge in [0, 0.05) is 13.1 Å². The van der Waals surface area contributed by atoms with Crippen molar-refractivity contribution in [3.8, 4) is 5.75 Å². The molecular formula is C27H26FN7O3. The zero-order chi connectivity index (χ0) is 26.5. The smallest absolute Gasteiger partial charge is 0.355 e. The Morgan fingerprint density at radius 3 is 2.21 bits per heavy atom. The summed E-state index contributed by atoms with van der Waals surface area (Å²) in [5.74, 6) is 1.06. The number of halogens is 1. The normalized spacial score (nSPS) is 11.0. The summed E-state index contributed by atoms with van der Waals surface area (Å²) in [5.41, 5.74) is 1.98. The summed E-state index contributed by atoms with van der Waals surface area (Å²) in [6.07, 6.45) is 0. The molecule has 0 aliphatic rings. The number of fused-ring (bicyclic) bond motifs is 1. The van der Waals surface area contributed by atoms with Gasteiger partial charge in [-0.15, -0.1) is 0 Å². The molecule has 10 nitrogen and oxygen atoms in total. The monoisotopic (exact) mass is 515 g/mol. The first-order valence-corrected chi connectivity index (χ1v) is 12.0. The number of ether oxygens (including phenoxy) is 1. The van der Waals surface area contributed by atoms with Crippen molar-refractivity contribution in [2.75, 3.05) is 30.8 Å². The van der Waals surface area contributed by atoms with Crippen LogP contribution in [0.15, 0.2) is 82.4 Å². The number of aromatic amines is 1. The van der Waals surface area contributed by atoms with Crippen LogP contribution in [-0.2, 0) is 13.1 Å². The van der Waals surface area contributed by atoms with Crippen molar-refractivity contribution in [1.82, 2.24) is 24.1 Å². The maximum Gasteiger partial charge on any atom is 0.355 e. The average molecular weight is 516 g/mol. The van der Waals surface area contributed by atoms with E-state index >= 15 is 0 Å². The molecule has 2 heterocycles. The molecule has 3 N–H and O–H groups in total. The molecule has 5 aromatic rings. The van der Waals surface area contributed by atoms with E-state index in [1.807, 2.05) is 36.4 Å². The lowest BCUT2D eigenvalue weighted by Gasteiger charge is -2.16. The molecule has 0 aliphatic carbocycles. The Bertz CT molecular complexity index is 1620. The van der Waals surface area contributed by atoms with Gasteiger partial charge >= 0.3 is 11.4 Å². The van der Waals surface area contributed by atoms with Gasteiger partial charge in [0.2, 0.25) is 11.9 Å². The maximum absolute atomic E-state index is 13.5. The number of benzene rings is 3. The number of hydrogen-bond donors (Lipinski definition) is 3. The lowest BCUT2D eigenvalue weighted by Crippen LogP contribution is -2.43. The van der Waals surface area contributed by atoms with Crippen LogP contribution in [0, 0.1) is 5.82 Å². The Kier molecular flexibility index (Phi) is 7.16. The van der Waals surface area contributed by atoms with Gasteiger partial charge in [0.15, 0.2) is 0 Å². The minimum Gasteiger partial charge on any atom is -0.497 e. The van der Waals surface area contributed by atoms with E-state index in [0.29, 0.717) is 30.4 Å². The summed E-state index contributed by atoms with van der Waals surface area (Å²) in [4.78, 5) is 38.2. The fraction of sp³-hybridized carbons (Fsp3) is 0.185. The third kappa shape index (κ3) is 5.56. The number of para-hydroxylation sites is 2. The summed E-state index contributed by atoms with van der Waals surface area (Å²) in [5, 5.41) is 6.29. The van der Waals surface area contributed by atoms with E-state index in [1.54, 1.807) is 19.2 Å². The van der Waals surface area contributed by atoms with Gasteiger partial charge in [0.1, 0.15) is 11.6 Å². The van der Waals surface area contributed by atoms with Crippen LogP contribution in [0.3, 0.4) is 0 Å². The Balaban J connectivity index is 1.38. The third-order valence-electron chi connectivity index (χ3n) is 5.99. The van der Waals surface area contributed by atoms with Crippen molar-refractivity contribution >= 4 is 22.9 Å². The molecule has 0 saturated heterocycles. The lowest BCUT2D eigenvalue weighted by molar-refractivity contribution is 0.414. The molecule has 0 unspecified atom stereocenters. The Hall–Kier alpha value is -4.93. The number of methoxy groups -OCH3 is 1. The van der Waals surface area contributed by atoms with Crippen molar-refractivity contribution < 1.29 is 9.13 Å². The molecule has 0 amide bonds. The largest absolute Gasteiger partial charge is 0.497 e. The molecule has 0 saturated carbocycles. The van der Waals surface area contributed by atoms with Gasteiger partial charge in [-0.2, -0.15) is 4.98 Å². The van der Waals surface area contributed by atoms with Gasteiger partial charge in [0.05, 0.1) is 31.2 Å². The second-order valence-electron chi connectivity index (χ2n) is 8.60. The second-order valence-corrected chi connectivity index (χ2v) is 8.60.